The average Bonchev–Trinajstić information content (AvgIpc) is 2.12. The molecule has 0 spiro atoms. The van der Waals surface area contributed by atoms with E-state index in [-0.39, 0.29) is 5.97 Å². The van der Waals surface area contributed by atoms with Crippen LogP contribution in [0.25, 0.3) is 0 Å². The van der Waals surface area contributed by atoms with Crippen LogP contribution in [0.5, 0.6) is 0 Å². The zero-order valence-electron chi connectivity index (χ0n) is 9.05. The highest BCUT2D eigenvalue weighted by Crippen LogP contribution is 2.19. The van der Waals surface area contributed by atoms with Crippen molar-refractivity contribution in [2.75, 3.05) is 7.11 Å². The van der Waals surface area contributed by atoms with Crippen molar-refractivity contribution in [2.45, 2.75) is 27.7 Å². The SMILES string of the molecule is CC=C(C)C=CC(C)(C)C(=O)OC. The molecular weight excluding hydrogens is 164 g/mol. The maximum atomic E-state index is 11.2. The minimum absolute atomic E-state index is 0.215. The Kier molecular flexibility index (Phi) is 4.46. The largest absolute Gasteiger partial charge is 0.468 e. The van der Waals surface area contributed by atoms with E-state index in [0.29, 0.717) is 0 Å². The van der Waals surface area contributed by atoms with Gasteiger partial charge in [0.25, 0.3) is 0 Å². The molecule has 0 aliphatic carbocycles. The van der Waals surface area contributed by atoms with Crippen molar-refractivity contribution in [3.05, 3.63) is 23.8 Å². The minimum Gasteiger partial charge on any atom is -0.468 e. The standard InChI is InChI=1S/C11H18O2/c1-6-9(2)7-8-11(3,4)10(12)13-5/h6-8H,1-5H3. The molecule has 0 unspecified atom stereocenters. The van der Waals surface area contributed by atoms with Crippen LogP contribution < -0.4 is 0 Å². The molecule has 0 aliphatic heterocycles. The Morgan fingerprint density at radius 1 is 1.38 bits per heavy atom. The Labute approximate surface area is 80.3 Å². The lowest BCUT2D eigenvalue weighted by Crippen LogP contribution is -2.22. The number of methoxy groups -OCH3 is 1. The van der Waals surface area contributed by atoms with Gasteiger partial charge in [-0.15, -0.1) is 0 Å². The van der Waals surface area contributed by atoms with Crippen molar-refractivity contribution in [1.29, 1.82) is 0 Å². The summed E-state index contributed by atoms with van der Waals surface area (Å²) in [6, 6.07) is 0. The lowest BCUT2D eigenvalue weighted by molar-refractivity contribution is -0.148. The molecule has 0 aliphatic rings. The third kappa shape index (κ3) is 3.92. The van der Waals surface area contributed by atoms with Crippen molar-refractivity contribution < 1.29 is 9.53 Å². The molecule has 0 fully saturated rings. The van der Waals surface area contributed by atoms with E-state index in [1.807, 2.05) is 45.9 Å². The third-order valence-corrected chi connectivity index (χ3v) is 1.93. The van der Waals surface area contributed by atoms with Crippen molar-refractivity contribution in [3.8, 4) is 0 Å². The highest BCUT2D eigenvalue weighted by Gasteiger charge is 2.24. The minimum atomic E-state index is -0.543. The van der Waals surface area contributed by atoms with Gasteiger partial charge in [0.05, 0.1) is 12.5 Å². The van der Waals surface area contributed by atoms with Gasteiger partial charge in [-0.1, -0.05) is 23.8 Å². The van der Waals surface area contributed by atoms with Crippen LogP contribution >= 0.6 is 0 Å². The van der Waals surface area contributed by atoms with Crippen molar-refractivity contribution in [1.82, 2.24) is 0 Å². The van der Waals surface area contributed by atoms with E-state index in [2.05, 4.69) is 4.74 Å². The number of rotatable bonds is 3. The van der Waals surface area contributed by atoms with Crippen LogP contribution in [0.2, 0.25) is 0 Å². The summed E-state index contributed by atoms with van der Waals surface area (Å²) in [5, 5.41) is 0. The van der Waals surface area contributed by atoms with E-state index in [4.69, 9.17) is 0 Å². The second-order valence-corrected chi connectivity index (χ2v) is 3.58. The first-order valence-corrected chi connectivity index (χ1v) is 4.34. The molecule has 0 aromatic heterocycles. The number of hydrogen-bond donors (Lipinski definition) is 0. The summed E-state index contributed by atoms with van der Waals surface area (Å²) in [6.07, 6.45) is 5.77. The van der Waals surface area contributed by atoms with Gasteiger partial charge in [-0.25, -0.2) is 0 Å². The number of ether oxygens (including phenoxy) is 1. The quantitative estimate of drug-likeness (QED) is 0.495. The predicted octanol–water partition coefficient (Wildman–Crippen LogP) is 2.71. The number of esters is 1. The number of allylic oxidation sites excluding steroid dienone is 3. The fraction of sp³-hybridized carbons (Fsp3) is 0.545. The van der Waals surface area contributed by atoms with Crippen molar-refractivity contribution >= 4 is 5.97 Å². The molecule has 74 valence electrons. The number of hydrogen-bond acceptors (Lipinski definition) is 2. The van der Waals surface area contributed by atoms with Crippen LogP contribution in [0.3, 0.4) is 0 Å². The van der Waals surface area contributed by atoms with E-state index >= 15 is 0 Å². The van der Waals surface area contributed by atoms with Crippen molar-refractivity contribution in [3.63, 3.8) is 0 Å². The lowest BCUT2D eigenvalue weighted by atomic mass is 9.92. The fourth-order valence-electron chi connectivity index (χ4n) is 0.767. The molecule has 0 aromatic rings. The number of carbonyl (C=O) groups excluding carboxylic acids is 1. The maximum Gasteiger partial charge on any atom is 0.315 e. The van der Waals surface area contributed by atoms with Crippen LogP contribution in [0.1, 0.15) is 27.7 Å². The summed E-state index contributed by atoms with van der Waals surface area (Å²) >= 11 is 0. The van der Waals surface area contributed by atoms with Gasteiger partial charge in [-0.05, 0) is 27.7 Å². The van der Waals surface area contributed by atoms with Gasteiger partial charge < -0.3 is 4.74 Å². The molecule has 2 nitrogen and oxygen atoms in total. The molecule has 0 heterocycles. The summed E-state index contributed by atoms with van der Waals surface area (Å²) in [7, 11) is 1.40. The topological polar surface area (TPSA) is 26.3 Å². The molecule has 0 rings (SSSR count). The van der Waals surface area contributed by atoms with Crippen LogP contribution in [0.4, 0.5) is 0 Å². The maximum absolute atomic E-state index is 11.2. The van der Waals surface area contributed by atoms with Crippen LogP contribution in [-0.2, 0) is 9.53 Å². The summed E-state index contributed by atoms with van der Waals surface area (Å²) in [5.41, 5.74) is 0.593. The normalized spacial score (nSPS) is 13.5. The van der Waals surface area contributed by atoms with Crippen molar-refractivity contribution in [2.24, 2.45) is 5.41 Å². The zero-order valence-corrected chi connectivity index (χ0v) is 9.05. The molecule has 0 saturated carbocycles. The average molecular weight is 182 g/mol. The van der Waals surface area contributed by atoms with E-state index in [0.717, 1.165) is 5.57 Å². The smallest absolute Gasteiger partial charge is 0.315 e. The van der Waals surface area contributed by atoms with Gasteiger partial charge in [-0.3, -0.25) is 4.79 Å². The molecule has 0 aromatic carbocycles. The van der Waals surface area contributed by atoms with E-state index in [1.165, 1.54) is 7.11 Å². The molecule has 0 saturated heterocycles. The Hall–Kier alpha value is -1.05. The Balaban J connectivity index is 4.50. The van der Waals surface area contributed by atoms with Crippen LogP contribution in [0, 0.1) is 5.41 Å². The molecule has 0 atom stereocenters. The third-order valence-electron chi connectivity index (χ3n) is 1.93. The molecule has 0 bridgehead atoms. The molecule has 0 amide bonds. The molecule has 13 heavy (non-hydrogen) atoms. The Morgan fingerprint density at radius 2 is 1.92 bits per heavy atom. The first-order valence-electron chi connectivity index (χ1n) is 4.34. The van der Waals surface area contributed by atoms with Gasteiger partial charge in [0.15, 0.2) is 0 Å². The predicted molar refractivity (Wildman–Crippen MR) is 54.4 cm³/mol. The second kappa shape index (κ2) is 4.85. The van der Waals surface area contributed by atoms with Crippen LogP contribution in [0.15, 0.2) is 23.8 Å². The summed E-state index contributed by atoms with van der Waals surface area (Å²) < 4.78 is 4.67. The van der Waals surface area contributed by atoms with Gasteiger partial charge in [-0.2, -0.15) is 0 Å². The molecule has 2 heteroatoms. The Morgan fingerprint density at radius 3 is 2.31 bits per heavy atom. The van der Waals surface area contributed by atoms with Gasteiger partial charge >= 0.3 is 5.97 Å². The zero-order chi connectivity index (χ0) is 10.5. The summed E-state index contributed by atoms with van der Waals surface area (Å²) in [6.45, 7) is 7.62. The van der Waals surface area contributed by atoms with Gasteiger partial charge in [0, 0.05) is 0 Å². The first kappa shape index (κ1) is 11.9. The highest BCUT2D eigenvalue weighted by atomic mass is 16.5. The summed E-state index contributed by atoms with van der Waals surface area (Å²) in [4.78, 5) is 11.2. The van der Waals surface area contributed by atoms with E-state index in [1.54, 1.807) is 0 Å². The monoisotopic (exact) mass is 182 g/mol. The second-order valence-electron chi connectivity index (χ2n) is 3.58. The van der Waals surface area contributed by atoms with Gasteiger partial charge in [0.1, 0.15) is 0 Å². The lowest BCUT2D eigenvalue weighted by Gasteiger charge is -2.16. The Bertz CT molecular complexity index is 234. The van der Waals surface area contributed by atoms with E-state index in [9.17, 15) is 4.79 Å². The van der Waals surface area contributed by atoms with Gasteiger partial charge in [0.2, 0.25) is 0 Å². The fourth-order valence-corrected chi connectivity index (χ4v) is 0.767. The molecule has 0 radical (unpaired) electrons. The van der Waals surface area contributed by atoms with Crippen LogP contribution in [-0.4, -0.2) is 13.1 Å². The summed E-state index contributed by atoms with van der Waals surface area (Å²) in [5.74, 6) is -0.215. The number of carbonyl (C=O) groups is 1. The first-order chi connectivity index (χ1) is 5.94. The molecule has 0 N–H and O–H groups in total. The highest BCUT2D eigenvalue weighted by molar-refractivity contribution is 5.78. The van der Waals surface area contributed by atoms with E-state index < -0.39 is 5.41 Å². The molecular formula is C11H18O2.